The van der Waals surface area contributed by atoms with Crippen molar-refractivity contribution >= 4 is 17.6 Å². The molecule has 7 nitrogen and oxygen atoms in total. The molecule has 0 saturated heterocycles. The summed E-state index contributed by atoms with van der Waals surface area (Å²) in [6.07, 6.45) is 1.49. The van der Waals surface area contributed by atoms with Gasteiger partial charge in [-0.1, -0.05) is 6.07 Å². The first-order valence-electron chi connectivity index (χ1n) is 6.56. The molecule has 0 aromatic heterocycles. The average Bonchev–Trinajstić information content (AvgIpc) is 3.22. The standard InChI is InChI=1S/C14H16N2O5/c1-8-3-6-10(16(20)21)7-11(8)12(17)15-14(2,13(18)19)9-4-5-9/h3,6-7,9H,4-5H2,1-2H3,(H,15,17)(H,18,19). The third-order valence-corrected chi connectivity index (χ3v) is 3.89. The van der Waals surface area contributed by atoms with Crippen molar-refractivity contribution in [1.29, 1.82) is 0 Å². The largest absolute Gasteiger partial charge is 0.480 e. The van der Waals surface area contributed by atoms with Crippen molar-refractivity contribution in [3.05, 3.63) is 39.4 Å². The van der Waals surface area contributed by atoms with Crippen LogP contribution >= 0.6 is 0 Å². The zero-order chi connectivity index (χ0) is 15.8. The molecule has 1 aromatic carbocycles. The van der Waals surface area contributed by atoms with Gasteiger partial charge < -0.3 is 10.4 Å². The van der Waals surface area contributed by atoms with E-state index in [1.165, 1.54) is 25.1 Å². The minimum atomic E-state index is -1.34. The Balaban J connectivity index is 2.29. The van der Waals surface area contributed by atoms with Gasteiger partial charge in [0.15, 0.2) is 0 Å². The van der Waals surface area contributed by atoms with Crippen LogP contribution in [-0.4, -0.2) is 27.4 Å². The lowest BCUT2D eigenvalue weighted by Gasteiger charge is -2.26. The van der Waals surface area contributed by atoms with E-state index in [1.807, 2.05) is 0 Å². The van der Waals surface area contributed by atoms with Crippen LogP contribution in [-0.2, 0) is 4.79 Å². The summed E-state index contributed by atoms with van der Waals surface area (Å²) in [4.78, 5) is 33.9. The fraction of sp³-hybridized carbons (Fsp3) is 0.429. The van der Waals surface area contributed by atoms with Crippen LogP contribution in [0.4, 0.5) is 5.69 Å². The normalized spacial score (nSPS) is 16.9. The first kappa shape index (κ1) is 15.0. The van der Waals surface area contributed by atoms with E-state index in [0.29, 0.717) is 5.56 Å². The molecular formula is C14H16N2O5. The molecule has 1 fully saturated rings. The maximum atomic E-state index is 12.3. The lowest BCUT2D eigenvalue weighted by Crippen LogP contribution is -2.54. The molecule has 2 N–H and O–H groups in total. The summed E-state index contributed by atoms with van der Waals surface area (Å²) in [7, 11) is 0. The molecule has 1 aliphatic carbocycles. The first-order valence-corrected chi connectivity index (χ1v) is 6.56. The van der Waals surface area contributed by atoms with E-state index in [9.17, 15) is 24.8 Å². The highest BCUT2D eigenvalue weighted by Crippen LogP contribution is 2.40. The zero-order valence-electron chi connectivity index (χ0n) is 11.8. The van der Waals surface area contributed by atoms with E-state index in [4.69, 9.17) is 0 Å². The Morgan fingerprint density at radius 2 is 2.05 bits per heavy atom. The second kappa shape index (κ2) is 5.16. The molecule has 0 spiro atoms. The third-order valence-electron chi connectivity index (χ3n) is 3.89. The van der Waals surface area contributed by atoms with E-state index in [-0.39, 0.29) is 17.2 Å². The molecular weight excluding hydrogens is 276 g/mol. The quantitative estimate of drug-likeness (QED) is 0.636. The van der Waals surface area contributed by atoms with Crippen LogP contribution in [0.15, 0.2) is 18.2 Å². The second-order valence-corrected chi connectivity index (χ2v) is 5.49. The molecule has 0 bridgehead atoms. The summed E-state index contributed by atoms with van der Waals surface area (Å²) in [5.74, 6) is -1.80. The van der Waals surface area contributed by atoms with E-state index in [2.05, 4.69) is 5.32 Å². The summed E-state index contributed by atoms with van der Waals surface area (Å²) < 4.78 is 0. The van der Waals surface area contributed by atoms with Crippen LogP contribution in [0.3, 0.4) is 0 Å². The number of nitrogens with zero attached hydrogens (tertiary/aromatic N) is 1. The zero-order valence-corrected chi connectivity index (χ0v) is 11.8. The highest BCUT2D eigenvalue weighted by Gasteiger charge is 2.48. The molecule has 112 valence electrons. The maximum Gasteiger partial charge on any atom is 0.329 e. The van der Waals surface area contributed by atoms with Crippen LogP contribution in [0.25, 0.3) is 0 Å². The number of hydrogen-bond acceptors (Lipinski definition) is 4. The number of hydrogen-bond donors (Lipinski definition) is 2. The molecule has 0 heterocycles. The van der Waals surface area contributed by atoms with E-state index < -0.39 is 22.3 Å². The Kier molecular flexibility index (Phi) is 3.67. The van der Waals surface area contributed by atoms with Crippen molar-refractivity contribution in [2.24, 2.45) is 5.92 Å². The Hall–Kier alpha value is -2.44. The summed E-state index contributed by atoms with van der Waals surface area (Å²) >= 11 is 0. The van der Waals surface area contributed by atoms with E-state index in [1.54, 1.807) is 6.92 Å². The Morgan fingerprint density at radius 3 is 2.52 bits per heavy atom. The van der Waals surface area contributed by atoms with E-state index in [0.717, 1.165) is 12.8 Å². The molecule has 1 aromatic rings. The minimum absolute atomic E-state index is 0.0991. The van der Waals surface area contributed by atoms with Crippen molar-refractivity contribution in [2.45, 2.75) is 32.2 Å². The Labute approximate surface area is 121 Å². The van der Waals surface area contributed by atoms with Gasteiger partial charge in [0.25, 0.3) is 11.6 Å². The smallest absolute Gasteiger partial charge is 0.329 e. The summed E-state index contributed by atoms with van der Waals surface area (Å²) in [6.45, 7) is 3.12. The van der Waals surface area contributed by atoms with Gasteiger partial charge in [-0.2, -0.15) is 0 Å². The molecule has 1 aliphatic rings. The van der Waals surface area contributed by atoms with Crippen molar-refractivity contribution in [1.82, 2.24) is 5.32 Å². The van der Waals surface area contributed by atoms with Gasteiger partial charge in [-0.25, -0.2) is 4.79 Å². The number of nitro groups is 1. The number of rotatable bonds is 5. The van der Waals surface area contributed by atoms with Gasteiger partial charge in [0, 0.05) is 17.7 Å². The number of non-ortho nitro benzene ring substituents is 1. The first-order chi connectivity index (χ1) is 9.75. The van der Waals surface area contributed by atoms with Crippen molar-refractivity contribution in [2.75, 3.05) is 0 Å². The van der Waals surface area contributed by atoms with Crippen LogP contribution < -0.4 is 5.32 Å². The molecule has 2 rings (SSSR count). The lowest BCUT2D eigenvalue weighted by molar-refractivity contribution is -0.384. The second-order valence-electron chi connectivity index (χ2n) is 5.49. The summed E-state index contributed by atoms with van der Waals surface area (Å²) in [5, 5.41) is 22.6. The molecule has 0 aliphatic heterocycles. The van der Waals surface area contributed by atoms with Crippen molar-refractivity contribution in [3.8, 4) is 0 Å². The van der Waals surface area contributed by atoms with Gasteiger partial charge in [-0.15, -0.1) is 0 Å². The van der Waals surface area contributed by atoms with Gasteiger partial charge in [0.2, 0.25) is 0 Å². The number of carbonyl (C=O) groups excluding carboxylic acids is 1. The number of amides is 1. The number of carbonyl (C=O) groups is 2. The number of aliphatic carboxylic acids is 1. The predicted molar refractivity (Wildman–Crippen MR) is 74.1 cm³/mol. The van der Waals surface area contributed by atoms with Gasteiger partial charge in [-0.3, -0.25) is 14.9 Å². The van der Waals surface area contributed by atoms with Crippen LogP contribution in [0, 0.1) is 23.0 Å². The van der Waals surface area contributed by atoms with Crippen LogP contribution in [0.5, 0.6) is 0 Å². The van der Waals surface area contributed by atoms with Crippen LogP contribution in [0.1, 0.15) is 35.7 Å². The van der Waals surface area contributed by atoms with Crippen molar-refractivity contribution < 1.29 is 19.6 Å². The SMILES string of the molecule is Cc1ccc([N+](=O)[O-])cc1C(=O)NC(C)(C(=O)O)C1CC1. The molecule has 1 unspecified atom stereocenters. The number of benzene rings is 1. The average molecular weight is 292 g/mol. The molecule has 21 heavy (non-hydrogen) atoms. The maximum absolute atomic E-state index is 12.3. The van der Waals surface area contributed by atoms with Gasteiger partial charge in [0.05, 0.1) is 4.92 Å². The summed E-state index contributed by atoms with van der Waals surface area (Å²) in [5.41, 5.74) is -0.859. The number of aryl methyl sites for hydroxylation is 1. The molecule has 1 saturated carbocycles. The van der Waals surface area contributed by atoms with Gasteiger partial charge in [-0.05, 0) is 38.2 Å². The van der Waals surface area contributed by atoms with Gasteiger partial charge >= 0.3 is 5.97 Å². The van der Waals surface area contributed by atoms with Gasteiger partial charge in [0.1, 0.15) is 5.54 Å². The van der Waals surface area contributed by atoms with Crippen LogP contribution in [0.2, 0.25) is 0 Å². The highest BCUT2D eigenvalue weighted by atomic mass is 16.6. The summed E-state index contributed by atoms with van der Waals surface area (Å²) in [6, 6.07) is 3.95. The fourth-order valence-electron chi connectivity index (χ4n) is 2.26. The third kappa shape index (κ3) is 2.86. The predicted octanol–water partition coefficient (Wildman–Crippen LogP) is 1.89. The van der Waals surface area contributed by atoms with Crippen molar-refractivity contribution in [3.63, 3.8) is 0 Å². The number of nitrogens with one attached hydrogen (secondary N) is 1. The fourth-order valence-corrected chi connectivity index (χ4v) is 2.26. The topological polar surface area (TPSA) is 110 Å². The monoisotopic (exact) mass is 292 g/mol. The lowest BCUT2D eigenvalue weighted by atomic mass is 9.95. The van der Waals surface area contributed by atoms with E-state index >= 15 is 0 Å². The number of carboxylic acids is 1. The molecule has 1 atom stereocenters. The Morgan fingerprint density at radius 1 is 1.43 bits per heavy atom. The minimum Gasteiger partial charge on any atom is -0.480 e. The highest BCUT2D eigenvalue weighted by molar-refractivity contribution is 5.99. The molecule has 7 heteroatoms. The number of nitro benzene ring substituents is 1. The Bertz CT molecular complexity index is 624. The molecule has 1 amide bonds. The number of carboxylic acid groups (broad SMARTS) is 1. The molecule has 0 radical (unpaired) electrons.